The lowest BCUT2D eigenvalue weighted by Gasteiger charge is -2.15. The van der Waals surface area contributed by atoms with Crippen LogP contribution in [0.3, 0.4) is 0 Å². The van der Waals surface area contributed by atoms with Gasteiger partial charge in [0.25, 0.3) is 0 Å². The van der Waals surface area contributed by atoms with Gasteiger partial charge < -0.3 is 18.9 Å². The van der Waals surface area contributed by atoms with Crippen LogP contribution in [0.2, 0.25) is 0 Å². The number of hydrogen-bond donors (Lipinski definition) is 0. The van der Waals surface area contributed by atoms with Crippen molar-refractivity contribution in [3.05, 3.63) is 41.5 Å². The topological polar surface area (TPSA) is 36.9 Å². The third-order valence-electron chi connectivity index (χ3n) is 3.30. The van der Waals surface area contributed by atoms with Gasteiger partial charge in [-0.25, -0.2) is 0 Å². The summed E-state index contributed by atoms with van der Waals surface area (Å²) in [5, 5.41) is 0. The van der Waals surface area contributed by atoms with Crippen molar-refractivity contribution in [3.63, 3.8) is 0 Å². The molecular weight excluding hydrogens is 268 g/mol. The van der Waals surface area contributed by atoms with E-state index in [1.807, 2.05) is 44.2 Å². The van der Waals surface area contributed by atoms with E-state index in [0.29, 0.717) is 11.5 Å². The summed E-state index contributed by atoms with van der Waals surface area (Å²) < 4.78 is 21.8. The molecule has 0 unspecified atom stereocenters. The van der Waals surface area contributed by atoms with Crippen LogP contribution in [0.1, 0.15) is 11.1 Å². The van der Waals surface area contributed by atoms with E-state index < -0.39 is 0 Å². The Labute approximate surface area is 125 Å². The summed E-state index contributed by atoms with van der Waals surface area (Å²) in [4.78, 5) is 0. The summed E-state index contributed by atoms with van der Waals surface area (Å²) in [7, 11) is 4.86. The van der Waals surface area contributed by atoms with E-state index >= 15 is 0 Å². The lowest BCUT2D eigenvalue weighted by atomic mass is 10.2. The fourth-order valence-electron chi connectivity index (χ4n) is 2.01. The second-order valence-corrected chi connectivity index (χ2v) is 4.71. The zero-order valence-corrected chi connectivity index (χ0v) is 13.0. The van der Waals surface area contributed by atoms with Gasteiger partial charge in [-0.05, 0) is 37.1 Å². The number of methoxy groups -OCH3 is 3. The van der Waals surface area contributed by atoms with Gasteiger partial charge in [0.15, 0.2) is 11.5 Å². The van der Waals surface area contributed by atoms with E-state index in [1.165, 1.54) is 0 Å². The third kappa shape index (κ3) is 3.21. The number of benzene rings is 2. The summed E-state index contributed by atoms with van der Waals surface area (Å²) in [5.41, 5.74) is 2.00. The molecule has 0 spiro atoms. The first-order chi connectivity index (χ1) is 10.1. The van der Waals surface area contributed by atoms with Gasteiger partial charge in [0, 0.05) is 12.1 Å². The van der Waals surface area contributed by atoms with Crippen LogP contribution >= 0.6 is 0 Å². The first-order valence-electron chi connectivity index (χ1n) is 6.64. The van der Waals surface area contributed by atoms with E-state index in [9.17, 15) is 0 Å². The van der Waals surface area contributed by atoms with Crippen LogP contribution in [0, 0.1) is 13.8 Å². The standard InChI is InChI=1S/C17H20O4/c1-11-6-7-13(18-3)9-14(11)21-15-10-17(20-5)16(19-4)8-12(15)2/h6-10H,1-5H3. The van der Waals surface area contributed by atoms with Gasteiger partial charge in [0.05, 0.1) is 21.3 Å². The fourth-order valence-corrected chi connectivity index (χ4v) is 2.01. The predicted molar refractivity (Wildman–Crippen MR) is 82.1 cm³/mol. The van der Waals surface area contributed by atoms with Crippen molar-refractivity contribution in [1.29, 1.82) is 0 Å². The molecule has 0 aliphatic carbocycles. The second-order valence-electron chi connectivity index (χ2n) is 4.71. The number of hydrogen-bond acceptors (Lipinski definition) is 4. The minimum Gasteiger partial charge on any atom is -0.497 e. The van der Waals surface area contributed by atoms with Crippen molar-refractivity contribution >= 4 is 0 Å². The summed E-state index contributed by atoms with van der Waals surface area (Å²) >= 11 is 0. The van der Waals surface area contributed by atoms with Crippen LogP contribution in [-0.2, 0) is 0 Å². The molecule has 2 aromatic carbocycles. The van der Waals surface area contributed by atoms with E-state index in [-0.39, 0.29) is 0 Å². The molecule has 0 saturated carbocycles. The zero-order chi connectivity index (χ0) is 15.4. The van der Waals surface area contributed by atoms with E-state index in [2.05, 4.69) is 0 Å². The highest BCUT2D eigenvalue weighted by Gasteiger charge is 2.11. The van der Waals surface area contributed by atoms with Gasteiger partial charge in [-0.3, -0.25) is 0 Å². The molecule has 0 N–H and O–H groups in total. The second kappa shape index (κ2) is 6.39. The quantitative estimate of drug-likeness (QED) is 0.829. The Balaban J connectivity index is 2.39. The Morgan fingerprint density at radius 3 is 1.86 bits per heavy atom. The van der Waals surface area contributed by atoms with Crippen molar-refractivity contribution in [1.82, 2.24) is 0 Å². The summed E-state index contributed by atoms with van der Waals surface area (Å²) in [6, 6.07) is 9.45. The zero-order valence-electron chi connectivity index (χ0n) is 13.0. The minimum absolute atomic E-state index is 0.638. The van der Waals surface area contributed by atoms with Gasteiger partial charge >= 0.3 is 0 Å². The minimum atomic E-state index is 0.638. The van der Waals surface area contributed by atoms with Gasteiger partial charge in [-0.2, -0.15) is 0 Å². The molecule has 0 bridgehead atoms. The van der Waals surface area contributed by atoms with Crippen molar-refractivity contribution < 1.29 is 18.9 Å². The molecule has 0 aliphatic heterocycles. The first-order valence-corrected chi connectivity index (χ1v) is 6.64. The highest BCUT2D eigenvalue weighted by Crippen LogP contribution is 2.37. The Bertz CT molecular complexity index is 635. The van der Waals surface area contributed by atoms with Gasteiger partial charge in [0.2, 0.25) is 0 Å². The number of aryl methyl sites for hydroxylation is 2. The maximum atomic E-state index is 6.01. The summed E-state index contributed by atoms with van der Waals surface area (Å²) in [6.45, 7) is 3.96. The molecule has 21 heavy (non-hydrogen) atoms. The van der Waals surface area contributed by atoms with E-state index in [4.69, 9.17) is 18.9 Å². The molecule has 0 heterocycles. The van der Waals surface area contributed by atoms with Crippen molar-refractivity contribution in [2.75, 3.05) is 21.3 Å². The average molecular weight is 288 g/mol. The molecule has 0 aliphatic rings. The molecule has 0 aromatic heterocycles. The van der Waals surface area contributed by atoms with Crippen LogP contribution in [0.15, 0.2) is 30.3 Å². The summed E-state index contributed by atoms with van der Waals surface area (Å²) in [5.74, 6) is 3.56. The van der Waals surface area contributed by atoms with E-state index in [0.717, 1.165) is 28.4 Å². The fraction of sp³-hybridized carbons (Fsp3) is 0.294. The number of ether oxygens (including phenoxy) is 4. The Hall–Kier alpha value is -2.36. The van der Waals surface area contributed by atoms with Crippen molar-refractivity contribution in [2.45, 2.75) is 13.8 Å². The third-order valence-corrected chi connectivity index (χ3v) is 3.30. The highest BCUT2D eigenvalue weighted by molar-refractivity contribution is 5.52. The Morgan fingerprint density at radius 1 is 0.619 bits per heavy atom. The molecule has 4 nitrogen and oxygen atoms in total. The van der Waals surface area contributed by atoms with Gasteiger partial charge in [-0.1, -0.05) is 6.07 Å². The molecule has 2 rings (SSSR count). The normalized spacial score (nSPS) is 10.1. The molecule has 0 saturated heterocycles. The Kier molecular flexibility index (Phi) is 4.58. The van der Waals surface area contributed by atoms with Crippen LogP contribution in [-0.4, -0.2) is 21.3 Å². The van der Waals surface area contributed by atoms with Gasteiger partial charge in [0.1, 0.15) is 17.2 Å². The van der Waals surface area contributed by atoms with Crippen LogP contribution in [0.4, 0.5) is 0 Å². The lowest BCUT2D eigenvalue weighted by molar-refractivity contribution is 0.351. The lowest BCUT2D eigenvalue weighted by Crippen LogP contribution is -1.95. The maximum absolute atomic E-state index is 6.01. The monoisotopic (exact) mass is 288 g/mol. The largest absolute Gasteiger partial charge is 0.497 e. The molecule has 0 fully saturated rings. The van der Waals surface area contributed by atoms with Crippen LogP contribution in [0.25, 0.3) is 0 Å². The predicted octanol–water partition coefficient (Wildman–Crippen LogP) is 4.12. The molecular formula is C17H20O4. The molecule has 0 atom stereocenters. The number of rotatable bonds is 5. The van der Waals surface area contributed by atoms with Crippen molar-refractivity contribution in [3.8, 4) is 28.7 Å². The average Bonchev–Trinajstić information content (AvgIpc) is 2.50. The van der Waals surface area contributed by atoms with Crippen molar-refractivity contribution in [2.24, 2.45) is 0 Å². The maximum Gasteiger partial charge on any atom is 0.164 e. The molecule has 0 radical (unpaired) electrons. The smallest absolute Gasteiger partial charge is 0.164 e. The van der Waals surface area contributed by atoms with Gasteiger partial charge in [-0.15, -0.1) is 0 Å². The Morgan fingerprint density at radius 2 is 1.24 bits per heavy atom. The SMILES string of the molecule is COc1ccc(C)c(Oc2cc(OC)c(OC)cc2C)c1. The van der Waals surface area contributed by atoms with E-state index in [1.54, 1.807) is 21.3 Å². The molecule has 4 heteroatoms. The molecule has 0 amide bonds. The first kappa shape index (κ1) is 15.0. The molecule has 112 valence electrons. The highest BCUT2D eigenvalue weighted by atomic mass is 16.5. The van der Waals surface area contributed by atoms with Crippen LogP contribution in [0.5, 0.6) is 28.7 Å². The molecule has 2 aromatic rings. The van der Waals surface area contributed by atoms with Crippen LogP contribution < -0.4 is 18.9 Å². The summed E-state index contributed by atoms with van der Waals surface area (Å²) in [6.07, 6.45) is 0.